The van der Waals surface area contributed by atoms with Gasteiger partial charge >= 0.3 is 5.97 Å². The average molecular weight is 294 g/mol. The first kappa shape index (κ1) is 14.9. The number of amides is 1. The van der Waals surface area contributed by atoms with E-state index in [-0.39, 0.29) is 11.8 Å². The van der Waals surface area contributed by atoms with Crippen molar-refractivity contribution in [3.63, 3.8) is 0 Å². The molecule has 0 aromatic heterocycles. The zero-order valence-corrected chi connectivity index (χ0v) is 11.9. The van der Waals surface area contributed by atoms with Gasteiger partial charge in [-0.05, 0) is 12.1 Å². The molecule has 0 bridgehead atoms. The number of benzene rings is 1. The average Bonchev–Trinajstić information content (AvgIpc) is 2.39. The third-order valence-corrected chi connectivity index (χ3v) is 4.12. The molecule has 1 aliphatic rings. The first-order chi connectivity index (χ1) is 9.65. The zero-order valence-electron chi connectivity index (χ0n) is 11.1. The molecule has 0 atom stereocenters. The Morgan fingerprint density at radius 1 is 1.30 bits per heavy atom. The zero-order chi connectivity index (χ0) is 14.4. The molecule has 1 aromatic rings. The largest absolute Gasteiger partial charge is 0.481 e. The number of nitrogens with one attached hydrogen (secondary N) is 1. The second-order valence-corrected chi connectivity index (χ2v) is 5.91. The fourth-order valence-corrected chi connectivity index (χ4v) is 2.78. The normalized spacial score (nSPS) is 15.6. The summed E-state index contributed by atoms with van der Waals surface area (Å²) in [7, 11) is 0. The van der Waals surface area contributed by atoms with E-state index in [2.05, 4.69) is 5.32 Å². The van der Waals surface area contributed by atoms with Gasteiger partial charge in [0.15, 0.2) is 0 Å². The van der Waals surface area contributed by atoms with Crippen LogP contribution in [-0.2, 0) is 9.59 Å². The summed E-state index contributed by atoms with van der Waals surface area (Å²) >= 11 is 1.70. The number of carbonyl (C=O) groups is 2. The first-order valence-electron chi connectivity index (χ1n) is 6.55. The number of likely N-dealkylation sites (tertiary alicyclic amines) is 1. The van der Waals surface area contributed by atoms with Gasteiger partial charge in [0, 0.05) is 30.3 Å². The summed E-state index contributed by atoms with van der Waals surface area (Å²) < 4.78 is 0. The molecule has 20 heavy (non-hydrogen) atoms. The SMILES string of the molecule is O=C(CN1CC(C(=O)O)C1)NCCSc1ccccc1. The Labute approximate surface area is 122 Å². The van der Waals surface area contributed by atoms with Crippen LogP contribution >= 0.6 is 11.8 Å². The van der Waals surface area contributed by atoms with Crippen LogP contribution in [0.3, 0.4) is 0 Å². The molecule has 2 N–H and O–H groups in total. The Bertz CT molecular complexity index is 461. The van der Waals surface area contributed by atoms with Gasteiger partial charge in [-0.2, -0.15) is 0 Å². The summed E-state index contributed by atoms with van der Waals surface area (Å²) in [4.78, 5) is 25.3. The maximum atomic E-state index is 11.6. The fraction of sp³-hybridized carbons (Fsp3) is 0.429. The third kappa shape index (κ3) is 4.54. The van der Waals surface area contributed by atoms with Gasteiger partial charge in [-0.15, -0.1) is 11.8 Å². The Morgan fingerprint density at radius 2 is 2.00 bits per heavy atom. The van der Waals surface area contributed by atoms with Gasteiger partial charge < -0.3 is 10.4 Å². The molecular weight excluding hydrogens is 276 g/mol. The summed E-state index contributed by atoms with van der Waals surface area (Å²) in [5, 5.41) is 11.6. The Morgan fingerprint density at radius 3 is 2.65 bits per heavy atom. The second-order valence-electron chi connectivity index (χ2n) is 4.74. The van der Waals surface area contributed by atoms with E-state index in [9.17, 15) is 9.59 Å². The van der Waals surface area contributed by atoms with Crippen LogP contribution in [0.15, 0.2) is 35.2 Å². The number of carbonyl (C=O) groups excluding carboxylic acids is 1. The number of carboxylic acid groups (broad SMARTS) is 1. The number of hydrogen-bond donors (Lipinski definition) is 2. The minimum Gasteiger partial charge on any atom is -0.481 e. The lowest BCUT2D eigenvalue weighted by atomic mass is 10.0. The summed E-state index contributed by atoms with van der Waals surface area (Å²) in [5.74, 6) is -0.298. The van der Waals surface area contributed by atoms with Gasteiger partial charge in [0.2, 0.25) is 5.91 Å². The van der Waals surface area contributed by atoms with Crippen molar-refractivity contribution in [2.45, 2.75) is 4.90 Å². The molecule has 6 heteroatoms. The molecule has 0 radical (unpaired) electrons. The minimum atomic E-state index is -0.777. The molecule has 1 fully saturated rings. The Hall–Kier alpha value is -1.53. The molecule has 5 nitrogen and oxygen atoms in total. The monoisotopic (exact) mass is 294 g/mol. The van der Waals surface area contributed by atoms with E-state index in [4.69, 9.17) is 5.11 Å². The maximum Gasteiger partial charge on any atom is 0.309 e. The highest BCUT2D eigenvalue weighted by atomic mass is 32.2. The van der Waals surface area contributed by atoms with Gasteiger partial charge in [0.25, 0.3) is 0 Å². The highest BCUT2D eigenvalue weighted by molar-refractivity contribution is 7.99. The van der Waals surface area contributed by atoms with Crippen LogP contribution in [0.1, 0.15) is 0 Å². The number of hydrogen-bond acceptors (Lipinski definition) is 4. The number of thioether (sulfide) groups is 1. The van der Waals surface area contributed by atoms with E-state index in [1.807, 2.05) is 35.2 Å². The summed E-state index contributed by atoms with van der Waals surface area (Å²) in [6, 6.07) is 10.0. The van der Waals surface area contributed by atoms with Gasteiger partial charge in [-0.1, -0.05) is 18.2 Å². The van der Waals surface area contributed by atoms with Crippen molar-refractivity contribution in [1.82, 2.24) is 10.2 Å². The Balaban J connectivity index is 1.54. The highest BCUT2D eigenvalue weighted by Crippen LogP contribution is 2.16. The lowest BCUT2D eigenvalue weighted by Crippen LogP contribution is -2.53. The van der Waals surface area contributed by atoms with Crippen molar-refractivity contribution in [3.8, 4) is 0 Å². The third-order valence-electron chi connectivity index (χ3n) is 3.11. The lowest BCUT2D eigenvalue weighted by Gasteiger charge is -2.35. The summed E-state index contributed by atoms with van der Waals surface area (Å²) in [5.41, 5.74) is 0. The van der Waals surface area contributed by atoms with Crippen LogP contribution < -0.4 is 5.32 Å². The van der Waals surface area contributed by atoms with E-state index in [0.717, 1.165) is 5.75 Å². The second kappa shape index (κ2) is 7.31. The van der Waals surface area contributed by atoms with E-state index < -0.39 is 5.97 Å². The number of rotatable bonds is 7. The Kier molecular flexibility index (Phi) is 5.43. The molecule has 0 spiro atoms. The van der Waals surface area contributed by atoms with Crippen LogP contribution in [0, 0.1) is 5.92 Å². The van der Waals surface area contributed by atoms with Gasteiger partial charge in [-0.3, -0.25) is 14.5 Å². The van der Waals surface area contributed by atoms with Crippen molar-refractivity contribution in [1.29, 1.82) is 0 Å². The predicted molar refractivity (Wildman–Crippen MR) is 77.7 cm³/mol. The summed E-state index contributed by atoms with van der Waals surface area (Å²) in [6.07, 6.45) is 0. The smallest absolute Gasteiger partial charge is 0.309 e. The summed E-state index contributed by atoms with van der Waals surface area (Å²) in [6.45, 7) is 1.86. The molecule has 108 valence electrons. The van der Waals surface area contributed by atoms with Crippen LogP contribution in [0.25, 0.3) is 0 Å². The quantitative estimate of drug-likeness (QED) is 0.578. The molecule has 0 aliphatic carbocycles. The van der Waals surface area contributed by atoms with Gasteiger partial charge in [-0.25, -0.2) is 0 Å². The molecule has 0 unspecified atom stereocenters. The van der Waals surface area contributed by atoms with Crippen LogP contribution in [0.2, 0.25) is 0 Å². The molecule has 0 saturated carbocycles. The van der Waals surface area contributed by atoms with Crippen molar-refractivity contribution in [2.75, 3.05) is 31.9 Å². The van der Waals surface area contributed by atoms with Crippen LogP contribution in [0.5, 0.6) is 0 Å². The van der Waals surface area contributed by atoms with Crippen molar-refractivity contribution in [2.24, 2.45) is 5.92 Å². The van der Waals surface area contributed by atoms with E-state index in [1.165, 1.54) is 4.90 Å². The van der Waals surface area contributed by atoms with Gasteiger partial charge in [0.05, 0.1) is 12.5 Å². The topological polar surface area (TPSA) is 69.6 Å². The van der Waals surface area contributed by atoms with Crippen LogP contribution in [0.4, 0.5) is 0 Å². The molecule has 1 aliphatic heterocycles. The first-order valence-corrected chi connectivity index (χ1v) is 7.53. The lowest BCUT2D eigenvalue weighted by molar-refractivity contribution is -0.148. The molecule has 1 amide bonds. The predicted octanol–water partition coefficient (Wildman–Crippen LogP) is 0.911. The molecule has 1 aromatic carbocycles. The van der Waals surface area contributed by atoms with Crippen molar-refractivity contribution in [3.05, 3.63) is 30.3 Å². The molecular formula is C14H18N2O3S. The van der Waals surface area contributed by atoms with Gasteiger partial charge in [0.1, 0.15) is 0 Å². The number of aliphatic carboxylic acids is 1. The fourth-order valence-electron chi connectivity index (χ4n) is 1.99. The molecule has 1 saturated heterocycles. The van der Waals surface area contributed by atoms with E-state index >= 15 is 0 Å². The minimum absolute atomic E-state index is 0.0394. The van der Waals surface area contributed by atoms with Crippen LogP contribution in [-0.4, -0.2) is 53.8 Å². The van der Waals surface area contributed by atoms with Crippen molar-refractivity contribution >= 4 is 23.6 Å². The molecule has 2 rings (SSSR count). The van der Waals surface area contributed by atoms with E-state index in [0.29, 0.717) is 26.2 Å². The number of nitrogens with zero attached hydrogens (tertiary/aromatic N) is 1. The van der Waals surface area contributed by atoms with E-state index in [1.54, 1.807) is 11.8 Å². The van der Waals surface area contributed by atoms with Crippen molar-refractivity contribution < 1.29 is 14.7 Å². The maximum absolute atomic E-state index is 11.6. The highest BCUT2D eigenvalue weighted by Gasteiger charge is 2.33. The number of carboxylic acids is 1. The molecule has 1 heterocycles. The standard InChI is InChI=1S/C14H18N2O3S/c17-13(10-16-8-11(9-16)14(18)19)15-6-7-20-12-4-2-1-3-5-12/h1-5,11H,6-10H2,(H,15,17)(H,18,19).